The van der Waals surface area contributed by atoms with Crippen LogP contribution in [0.15, 0.2) is 30.3 Å². The minimum Gasteiger partial charge on any atom is -0.394 e. The number of ether oxygens (including phenoxy) is 2. The highest BCUT2D eigenvalue weighted by atomic mass is 16.7. The largest absolute Gasteiger partial charge is 0.394 e. The zero-order valence-electron chi connectivity index (χ0n) is 9.27. The van der Waals surface area contributed by atoms with E-state index < -0.39 is 31.2 Å². The zero-order chi connectivity index (χ0) is 12.3. The van der Waals surface area contributed by atoms with Gasteiger partial charge in [0.05, 0.1) is 13.2 Å². The Balaban J connectivity index is 1.96. The molecular weight excluding hydrogens is 224 g/mol. The summed E-state index contributed by atoms with van der Waals surface area (Å²) < 4.78 is 10.9. The van der Waals surface area contributed by atoms with E-state index in [4.69, 9.17) is 14.6 Å². The first-order chi connectivity index (χ1) is 8.22. The lowest BCUT2D eigenvalue weighted by Gasteiger charge is -2.20. The Labute approximate surface area is 99.2 Å². The van der Waals surface area contributed by atoms with Crippen LogP contribution in [0.3, 0.4) is 0 Å². The maximum atomic E-state index is 9.67. The molecule has 1 aromatic rings. The van der Waals surface area contributed by atoms with E-state index >= 15 is 0 Å². The average molecular weight is 240 g/mol. The summed E-state index contributed by atoms with van der Waals surface area (Å²) in [5.41, 5.74) is 0.862. The third-order valence-corrected chi connectivity index (χ3v) is 2.74. The Kier molecular flexibility index (Phi) is 4.09. The standard InChI is InChI=1S/C12H16O5/c13-6-9(14)11(15)10-7-16-12(17-10)8-4-2-1-3-5-8/h1-5,9-15H,6-7H2/t9-,10+,11+,12?/m1/s1. The minimum absolute atomic E-state index is 0.192. The predicted molar refractivity (Wildman–Crippen MR) is 59.1 cm³/mol. The second-order valence-electron chi connectivity index (χ2n) is 3.99. The van der Waals surface area contributed by atoms with Crippen LogP contribution in [0.5, 0.6) is 0 Å². The lowest BCUT2D eigenvalue weighted by Crippen LogP contribution is -2.40. The van der Waals surface area contributed by atoms with Crippen LogP contribution >= 0.6 is 0 Å². The van der Waals surface area contributed by atoms with Crippen LogP contribution in [0.2, 0.25) is 0 Å². The van der Waals surface area contributed by atoms with Crippen LogP contribution in [0.1, 0.15) is 11.9 Å². The van der Waals surface area contributed by atoms with Crippen molar-refractivity contribution in [3.05, 3.63) is 35.9 Å². The molecular formula is C12H16O5. The molecule has 0 radical (unpaired) electrons. The molecule has 1 aliphatic rings. The first-order valence-corrected chi connectivity index (χ1v) is 5.51. The summed E-state index contributed by atoms with van der Waals surface area (Å²) in [5, 5.41) is 27.7. The van der Waals surface area contributed by atoms with E-state index in [9.17, 15) is 10.2 Å². The number of rotatable bonds is 4. The van der Waals surface area contributed by atoms with Gasteiger partial charge in [-0.2, -0.15) is 0 Å². The highest BCUT2D eigenvalue weighted by Gasteiger charge is 2.35. The van der Waals surface area contributed by atoms with E-state index in [0.717, 1.165) is 5.56 Å². The van der Waals surface area contributed by atoms with E-state index in [1.54, 1.807) is 0 Å². The van der Waals surface area contributed by atoms with Crippen molar-refractivity contribution < 1.29 is 24.8 Å². The molecule has 0 saturated carbocycles. The highest BCUT2D eigenvalue weighted by Crippen LogP contribution is 2.28. The number of hydrogen-bond acceptors (Lipinski definition) is 5. The van der Waals surface area contributed by atoms with Gasteiger partial charge < -0.3 is 24.8 Å². The Bertz CT molecular complexity index is 342. The molecule has 3 N–H and O–H groups in total. The molecule has 1 heterocycles. The Hall–Kier alpha value is -0.980. The lowest BCUT2D eigenvalue weighted by molar-refractivity contribution is -0.113. The molecule has 1 unspecified atom stereocenters. The predicted octanol–water partition coefficient (Wildman–Crippen LogP) is -0.185. The third kappa shape index (κ3) is 2.83. The molecule has 1 aromatic carbocycles. The number of benzene rings is 1. The van der Waals surface area contributed by atoms with Crippen molar-refractivity contribution >= 4 is 0 Å². The molecule has 0 aromatic heterocycles. The fourth-order valence-corrected chi connectivity index (χ4v) is 1.74. The van der Waals surface area contributed by atoms with Gasteiger partial charge in [-0.05, 0) is 0 Å². The second kappa shape index (κ2) is 5.57. The Morgan fingerprint density at radius 3 is 2.59 bits per heavy atom. The van der Waals surface area contributed by atoms with Gasteiger partial charge in [-0.1, -0.05) is 30.3 Å². The summed E-state index contributed by atoms with van der Waals surface area (Å²) in [4.78, 5) is 0. The van der Waals surface area contributed by atoms with Gasteiger partial charge in [0.1, 0.15) is 18.3 Å². The molecule has 0 bridgehead atoms. The highest BCUT2D eigenvalue weighted by molar-refractivity contribution is 5.16. The van der Waals surface area contributed by atoms with E-state index in [1.165, 1.54) is 0 Å². The summed E-state index contributed by atoms with van der Waals surface area (Å²) in [6, 6.07) is 9.35. The molecule has 0 aliphatic carbocycles. The Morgan fingerprint density at radius 2 is 1.94 bits per heavy atom. The number of aliphatic hydroxyl groups is 3. The van der Waals surface area contributed by atoms with Crippen LogP contribution in [-0.4, -0.2) is 46.8 Å². The maximum absolute atomic E-state index is 9.67. The molecule has 1 saturated heterocycles. The van der Waals surface area contributed by atoms with Crippen molar-refractivity contribution in [1.29, 1.82) is 0 Å². The molecule has 94 valence electrons. The normalized spacial score (nSPS) is 27.9. The number of hydrogen-bond donors (Lipinski definition) is 3. The molecule has 0 spiro atoms. The summed E-state index contributed by atoms with van der Waals surface area (Å²) >= 11 is 0. The smallest absolute Gasteiger partial charge is 0.184 e. The zero-order valence-corrected chi connectivity index (χ0v) is 9.27. The van der Waals surface area contributed by atoms with Crippen LogP contribution in [0, 0.1) is 0 Å². The van der Waals surface area contributed by atoms with Gasteiger partial charge in [0.15, 0.2) is 6.29 Å². The number of aliphatic hydroxyl groups excluding tert-OH is 3. The van der Waals surface area contributed by atoms with E-state index in [1.807, 2.05) is 30.3 Å². The molecule has 17 heavy (non-hydrogen) atoms. The molecule has 5 heteroatoms. The van der Waals surface area contributed by atoms with E-state index in [0.29, 0.717) is 0 Å². The average Bonchev–Trinajstić information content (AvgIpc) is 2.87. The van der Waals surface area contributed by atoms with Crippen LogP contribution in [-0.2, 0) is 9.47 Å². The van der Waals surface area contributed by atoms with Gasteiger partial charge in [0.25, 0.3) is 0 Å². The maximum Gasteiger partial charge on any atom is 0.184 e. The van der Waals surface area contributed by atoms with Gasteiger partial charge in [-0.25, -0.2) is 0 Å². The SMILES string of the molecule is OC[C@@H](O)[C@H](O)[C@@H]1COC(c2ccccc2)O1. The molecule has 2 rings (SSSR count). The third-order valence-electron chi connectivity index (χ3n) is 2.74. The van der Waals surface area contributed by atoms with Gasteiger partial charge in [-0.15, -0.1) is 0 Å². The van der Waals surface area contributed by atoms with E-state index in [2.05, 4.69) is 0 Å². The summed E-state index contributed by atoms with van der Waals surface area (Å²) in [5.74, 6) is 0. The second-order valence-corrected chi connectivity index (χ2v) is 3.99. The fourth-order valence-electron chi connectivity index (χ4n) is 1.74. The van der Waals surface area contributed by atoms with Crippen LogP contribution in [0.25, 0.3) is 0 Å². The van der Waals surface area contributed by atoms with Crippen LogP contribution < -0.4 is 0 Å². The quantitative estimate of drug-likeness (QED) is 0.680. The summed E-state index contributed by atoms with van der Waals surface area (Å²) in [6.45, 7) is -0.311. The van der Waals surface area contributed by atoms with Gasteiger partial charge in [-0.3, -0.25) is 0 Å². The van der Waals surface area contributed by atoms with Gasteiger partial charge in [0.2, 0.25) is 0 Å². The Morgan fingerprint density at radius 1 is 1.24 bits per heavy atom. The van der Waals surface area contributed by atoms with Crippen molar-refractivity contribution in [2.45, 2.75) is 24.6 Å². The first-order valence-electron chi connectivity index (χ1n) is 5.51. The van der Waals surface area contributed by atoms with Crippen molar-refractivity contribution in [1.82, 2.24) is 0 Å². The van der Waals surface area contributed by atoms with Crippen molar-refractivity contribution in [3.8, 4) is 0 Å². The van der Waals surface area contributed by atoms with Crippen molar-refractivity contribution in [2.75, 3.05) is 13.2 Å². The summed E-state index contributed by atoms with van der Waals surface area (Å²) in [6.07, 6.45) is -3.50. The van der Waals surface area contributed by atoms with Crippen LogP contribution in [0.4, 0.5) is 0 Å². The van der Waals surface area contributed by atoms with Crippen molar-refractivity contribution in [3.63, 3.8) is 0 Å². The van der Waals surface area contributed by atoms with Gasteiger partial charge in [0, 0.05) is 5.56 Å². The molecule has 0 amide bonds. The minimum atomic E-state index is -1.21. The van der Waals surface area contributed by atoms with E-state index in [-0.39, 0.29) is 6.61 Å². The lowest BCUT2D eigenvalue weighted by atomic mass is 10.1. The molecule has 4 atom stereocenters. The molecule has 5 nitrogen and oxygen atoms in total. The summed E-state index contributed by atoms with van der Waals surface area (Å²) in [7, 11) is 0. The van der Waals surface area contributed by atoms with Gasteiger partial charge >= 0.3 is 0 Å². The van der Waals surface area contributed by atoms with Crippen molar-refractivity contribution in [2.24, 2.45) is 0 Å². The molecule has 1 aliphatic heterocycles. The topological polar surface area (TPSA) is 79.2 Å². The molecule has 1 fully saturated rings. The first kappa shape index (κ1) is 12.5. The monoisotopic (exact) mass is 240 g/mol. The fraction of sp³-hybridized carbons (Fsp3) is 0.500.